The van der Waals surface area contributed by atoms with Gasteiger partial charge in [-0.25, -0.2) is 15.0 Å². The first kappa shape index (κ1) is 21.9. The summed E-state index contributed by atoms with van der Waals surface area (Å²) in [6.07, 6.45) is 5.55. The van der Waals surface area contributed by atoms with Gasteiger partial charge in [0.05, 0.1) is 6.54 Å². The van der Waals surface area contributed by atoms with Gasteiger partial charge in [0.15, 0.2) is 5.96 Å². The molecule has 7 heteroatoms. The fourth-order valence-corrected chi connectivity index (χ4v) is 2.68. The fourth-order valence-electron chi connectivity index (χ4n) is 2.68. The van der Waals surface area contributed by atoms with E-state index >= 15 is 0 Å². The lowest BCUT2D eigenvalue weighted by molar-refractivity contribution is 0.815. The lowest BCUT2D eigenvalue weighted by Gasteiger charge is -2.11. The van der Waals surface area contributed by atoms with Crippen molar-refractivity contribution in [1.82, 2.24) is 25.2 Å². The number of rotatable bonds is 6. The number of hydrogen-bond acceptors (Lipinski definition) is 3. The number of aryl methyl sites for hydroxylation is 2. The minimum absolute atomic E-state index is 0. The largest absolute Gasteiger partial charge is 0.357 e. The highest BCUT2D eigenvalue weighted by molar-refractivity contribution is 14.0. The van der Waals surface area contributed by atoms with Crippen LogP contribution in [0.5, 0.6) is 0 Å². The van der Waals surface area contributed by atoms with Gasteiger partial charge in [0.2, 0.25) is 0 Å². The maximum Gasteiger partial charge on any atom is 0.191 e. The quantitative estimate of drug-likeness (QED) is 0.314. The summed E-state index contributed by atoms with van der Waals surface area (Å²) in [7, 11) is 0. The van der Waals surface area contributed by atoms with E-state index in [9.17, 15) is 0 Å². The summed E-state index contributed by atoms with van der Waals surface area (Å²) >= 11 is 0. The molecule has 2 heterocycles. The molecule has 0 atom stereocenters. The molecule has 2 N–H and O–H groups in total. The van der Waals surface area contributed by atoms with E-state index in [1.54, 1.807) is 6.20 Å². The number of hydrogen-bond donors (Lipinski definition) is 2. The molecule has 0 saturated heterocycles. The van der Waals surface area contributed by atoms with Gasteiger partial charge in [0, 0.05) is 31.7 Å². The number of halogens is 1. The molecule has 1 aromatic carbocycles. The number of imidazole rings is 1. The van der Waals surface area contributed by atoms with Crippen LogP contribution in [0, 0.1) is 13.8 Å². The molecule has 0 radical (unpaired) electrons. The van der Waals surface area contributed by atoms with Crippen LogP contribution in [-0.4, -0.2) is 27.0 Å². The summed E-state index contributed by atoms with van der Waals surface area (Å²) in [6.45, 7) is 8.24. The van der Waals surface area contributed by atoms with E-state index in [-0.39, 0.29) is 24.0 Å². The van der Waals surface area contributed by atoms with Crippen molar-refractivity contribution in [3.8, 4) is 5.82 Å². The first-order valence-electron chi connectivity index (χ1n) is 9.18. The Morgan fingerprint density at radius 1 is 1.00 bits per heavy atom. The Labute approximate surface area is 183 Å². The number of nitrogens with one attached hydrogen (secondary N) is 2. The van der Waals surface area contributed by atoms with Crippen molar-refractivity contribution in [2.75, 3.05) is 6.54 Å². The molecule has 0 aliphatic rings. The number of aromatic nitrogens is 3. The first-order valence-corrected chi connectivity index (χ1v) is 9.18. The van der Waals surface area contributed by atoms with Crippen molar-refractivity contribution in [1.29, 1.82) is 0 Å². The Morgan fingerprint density at radius 2 is 1.75 bits per heavy atom. The van der Waals surface area contributed by atoms with Gasteiger partial charge >= 0.3 is 0 Å². The monoisotopic (exact) mass is 490 g/mol. The van der Waals surface area contributed by atoms with E-state index in [2.05, 4.69) is 69.8 Å². The molecule has 3 rings (SSSR count). The molecule has 0 aliphatic heterocycles. The van der Waals surface area contributed by atoms with Gasteiger partial charge in [-0.2, -0.15) is 0 Å². The average Bonchev–Trinajstić information content (AvgIpc) is 3.11. The third-order valence-corrected chi connectivity index (χ3v) is 4.23. The van der Waals surface area contributed by atoms with E-state index < -0.39 is 0 Å². The van der Waals surface area contributed by atoms with E-state index in [0.29, 0.717) is 6.54 Å². The van der Waals surface area contributed by atoms with Gasteiger partial charge in [0.25, 0.3) is 0 Å². The summed E-state index contributed by atoms with van der Waals surface area (Å²) < 4.78 is 1.96. The van der Waals surface area contributed by atoms with Crippen molar-refractivity contribution in [3.05, 3.63) is 77.5 Å². The lowest BCUT2D eigenvalue weighted by atomic mass is 10.1. The van der Waals surface area contributed by atoms with Gasteiger partial charge in [-0.3, -0.25) is 4.57 Å². The SMILES string of the molecule is CCNC(=NCc1ccc(-n2ccnc2C)nc1)NCc1ccc(C)cc1.I. The fraction of sp³-hybridized carbons (Fsp3) is 0.286. The molecule has 0 aliphatic carbocycles. The van der Waals surface area contributed by atoms with Gasteiger partial charge in [-0.15, -0.1) is 24.0 Å². The van der Waals surface area contributed by atoms with Crippen molar-refractivity contribution in [2.24, 2.45) is 4.99 Å². The maximum absolute atomic E-state index is 4.66. The highest BCUT2D eigenvalue weighted by Crippen LogP contribution is 2.09. The van der Waals surface area contributed by atoms with Crippen LogP contribution < -0.4 is 10.6 Å². The third kappa shape index (κ3) is 6.05. The van der Waals surface area contributed by atoms with E-state index in [1.165, 1.54) is 11.1 Å². The zero-order valence-electron chi connectivity index (χ0n) is 16.5. The van der Waals surface area contributed by atoms with E-state index in [4.69, 9.17) is 0 Å². The molecular weight excluding hydrogens is 463 g/mol. The average molecular weight is 490 g/mol. The Morgan fingerprint density at radius 3 is 2.36 bits per heavy atom. The summed E-state index contributed by atoms with van der Waals surface area (Å²) in [5.41, 5.74) is 3.55. The van der Waals surface area contributed by atoms with Crippen LogP contribution in [0.15, 0.2) is 60.0 Å². The van der Waals surface area contributed by atoms with Crippen molar-refractivity contribution < 1.29 is 0 Å². The highest BCUT2D eigenvalue weighted by Gasteiger charge is 2.03. The van der Waals surface area contributed by atoms with E-state index in [1.807, 2.05) is 30.0 Å². The third-order valence-electron chi connectivity index (χ3n) is 4.23. The summed E-state index contributed by atoms with van der Waals surface area (Å²) in [5.74, 6) is 2.58. The van der Waals surface area contributed by atoms with Crippen LogP contribution in [0.3, 0.4) is 0 Å². The number of nitrogens with zero attached hydrogens (tertiary/aromatic N) is 4. The smallest absolute Gasteiger partial charge is 0.191 e. The zero-order chi connectivity index (χ0) is 19.1. The molecule has 0 spiro atoms. The molecule has 0 bridgehead atoms. The Kier molecular flexibility index (Phi) is 8.43. The molecule has 6 nitrogen and oxygen atoms in total. The minimum atomic E-state index is 0. The molecule has 0 fully saturated rings. The predicted molar refractivity (Wildman–Crippen MR) is 124 cm³/mol. The Balaban J connectivity index is 0.00000280. The summed E-state index contributed by atoms with van der Waals surface area (Å²) in [6, 6.07) is 12.5. The molecule has 0 saturated carbocycles. The molecule has 148 valence electrons. The van der Waals surface area contributed by atoms with Gasteiger partial charge in [-0.1, -0.05) is 35.9 Å². The molecule has 0 unspecified atom stereocenters. The normalized spacial score (nSPS) is 11.0. The van der Waals surface area contributed by atoms with Crippen molar-refractivity contribution >= 4 is 29.9 Å². The number of benzene rings is 1. The van der Waals surface area contributed by atoms with Gasteiger partial charge < -0.3 is 10.6 Å². The predicted octanol–water partition coefficient (Wildman–Crippen LogP) is 3.76. The molecule has 0 amide bonds. The molecular formula is C21H27IN6. The van der Waals surface area contributed by atoms with Crippen LogP contribution in [-0.2, 0) is 13.1 Å². The molecule has 2 aromatic heterocycles. The molecule has 28 heavy (non-hydrogen) atoms. The highest BCUT2D eigenvalue weighted by atomic mass is 127. The first-order chi connectivity index (χ1) is 13.2. The second-order valence-corrected chi connectivity index (χ2v) is 6.40. The van der Waals surface area contributed by atoms with Crippen molar-refractivity contribution in [2.45, 2.75) is 33.9 Å². The summed E-state index contributed by atoms with van der Waals surface area (Å²) in [5, 5.41) is 6.66. The van der Waals surface area contributed by atoms with Crippen molar-refractivity contribution in [3.63, 3.8) is 0 Å². The lowest BCUT2D eigenvalue weighted by Crippen LogP contribution is -2.36. The van der Waals surface area contributed by atoms with Crippen LogP contribution in [0.2, 0.25) is 0 Å². The Hall–Kier alpha value is -2.42. The molecule has 3 aromatic rings. The standard InChI is InChI=1S/C21H26N6.HI/c1-4-22-21(25-13-18-7-5-16(2)6-8-18)26-15-19-9-10-20(24-14-19)27-12-11-23-17(27)3;/h5-12,14H,4,13,15H2,1-3H3,(H2,22,25,26);1H. The zero-order valence-corrected chi connectivity index (χ0v) is 18.8. The van der Waals surface area contributed by atoms with E-state index in [0.717, 1.165) is 36.3 Å². The van der Waals surface area contributed by atoms with Gasteiger partial charge in [0.1, 0.15) is 11.6 Å². The topological polar surface area (TPSA) is 67.1 Å². The van der Waals surface area contributed by atoms with Crippen LogP contribution >= 0.6 is 24.0 Å². The number of guanidine groups is 1. The summed E-state index contributed by atoms with van der Waals surface area (Å²) in [4.78, 5) is 13.4. The maximum atomic E-state index is 4.66. The number of aliphatic imine (C=N–C) groups is 1. The minimum Gasteiger partial charge on any atom is -0.357 e. The van der Waals surface area contributed by atoms with Crippen LogP contribution in [0.4, 0.5) is 0 Å². The van der Waals surface area contributed by atoms with Crippen LogP contribution in [0.25, 0.3) is 5.82 Å². The van der Waals surface area contributed by atoms with Gasteiger partial charge in [-0.05, 0) is 38.0 Å². The second-order valence-electron chi connectivity index (χ2n) is 6.40. The second kappa shape index (κ2) is 10.8. The Bertz CT molecular complexity index is 884. The number of pyridine rings is 1. The van der Waals surface area contributed by atoms with Crippen LogP contribution in [0.1, 0.15) is 29.4 Å².